The van der Waals surface area contributed by atoms with Crippen LogP contribution < -0.4 is 16.0 Å². The van der Waals surface area contributed by atoms with Gasteiger partial charge in [-0.25, -0.2) is 9.59 Å². The van der Waals surface area contributed by atoms with E-state index in [1.165, 1.54) is 36.4 Å². The molecule has 3 aromatic carbocycles. The highest BCUT2D eigenvalue weighted by Gasteiger charge is 2.28. The first kappa shape index (κ1) is 26.5. The highest BCUT2D eigenvalue weighted by molar-refractivity contribution is 5.94. The van der Waals surface area contributed by atoms with Gasteiger partial charge in [0, 0.05) is 37.8 Å². The quantitative estimate of drug-likeness (QED) is 0.255. The molecule has 1 aliphatic rings. The second-order valence-corrected chi connectivity index (χ2v) is 9.30. The number of carbonyl (C=O) groups excluding carboxylic acids is 2. The largest absolute Gasteiger partial charge is 0.508 e. The molecule has 2 atom stereocenters. The van der Waals surface area contributed by atoms with Crippen molar-refractivity contribution >= 4 is 23.6 Å². The summed E-state index contributed by atoms with van der Waals surface area (Å²) in [6.45, 7) is 2.15. The van der Waals surface area contributed by atoms with Gasteiger partial charge in [-0.2, -0.15) is 0 Å². The molecule has 1 aliphatic heterocycles. The van der Waals surface area contributed by atoms with Gasteiger partial charge in [0.05, 0.1) is 5.56 Å². The van der Waals surface area contributed by atoms with E-state index < -0.39 is 18.0 Å². The number of hydrogen-bond acceptors (Lipinski definition) is 6. The maximum Gasteiger partial charge on any atom is 0.335 e. The Morgan fingerprint density at radius 1 is 0.868 bits per heavy atom. The lowest BCUT2D eigenvalue weighted by Crippen LogP contribution is -2.52. The van der Waals surface area contributed by atoms with Crippen molar-refractivity contribution in [1.29, 1.82) is 0 Å². The summed E-state index contributed by atoms with van der Waals surface area (Å²) in [5.74, 6) is -1.08. The van der Waals surface area contributed by atoms with Crippen molar-refractivity contribution in [3.05, 3.63) is 89.5 Å². The van der Waals surface area contributed by atoms with Crippen molar-refractivity contribution in [2.75, 3.05) is 18.4 Å². The Labute approximate surface area is 219 Å². The van der Waals surface area contributed by atoms with Gasteiger partial charge in [0.1, 0.15) is 17.5 Å². The summed E-state index contributed by atoms with van der Waals surface area (Å²) in [4.78, 5) is 39.2. The van der Waals surface area contributed by atoms with Crippen LogP contribution in [0.25, 0.3) is 0 Å². The number of phenols is 2. The minimum Gasteiger partial charge on any atom is -0.508 e. The molecule has 1 heterocycles. The molecule has 6 N–H and O–H groups in total. The SMILES string of the molecule is O=C(Nc1ccc(C(=O)O)cc1)N[C@@H](Cc1ccc(O)cc1)C(=O)NC1CCN(Cc2ccc(O)cc2)C1. The van der Waals surface area contributed by atoms with Crippen LogP contribution in [0.2, 0.25) is 0 Å². The van der Waals surface area contributed by atoms with E-state index in [4.69, 9.17) is 5.11 Å². The van der Waals surface area contributed by atoms with Crippen LogP contribution in [-0.2, 0) is 17.8 Å². The summed E-state index contributed by atoms with van der Waals surface area (Å²) in [6, 6.07) is 17.6. The highest BCUT2D eigenvalue weighted by atomic mass is 16.4. The number of carboxylic acids is 1. The summed E-state index contributed by atoms with van der Waals surface area (Å²) >= 11 is 0. The normalized spacial score (nSPS) is 15.9. The van der Waals surface area contributed by atoms with Gasteiger partial charge in [-0.1, -0.05) is 24.3 Å². The zero-order valence-electron chi connectivity index (χ0n) is 20.6. The van der Waals surface area contributed by atoms with E-state index in [0.29, 0.717) is 18.8 Å². The van der Waals surface area contributed by atoms with Crippen LogP contribution in [0.3, 0.4) is 0 Å². The number of anilines is 1. The number of likely N-dealkylation sites (tertiary alicyclic amines) is 1. The molecule has 0 saturated carbocycles. The fourth-order valence-electron chi connectivity index (χ4n) is 4.35. The second-order valence-electron chi connectivity index (χ2n) is 9.30. The third-order valence-electron chi connectivity index (χ3n) is 6.35. The van der Waals surface area contributed by atoms with Crippen LogP contribution in [0.1, 0.15) is 27.9 Å². The van der Waals surface area contributed by atoms with Crippen molar-refractivity contribution in [2.24, 2.45) is 0 Å². The summed E-state index contributed by atoms with van der Waals surface area (Å²) < 4.78 is 0. The zero-order chi connectivity index (χ0) is 27.1. The fraction of sp³-hybridized carbons (Fsp3) is 0.250. The molecule has 0 bridgehead atoms. The molecule has 0 aliphatic carbocycles. The van der Waals surface area contributed by atoms with Crippen molar-refractivity contribution in [2.45, 2.75) is 31.5 Å². The van der Waals surface area contributed by atoms with E-state index in [1.54, 1.807) is 24.3 Å². The number of aromatic carboxylic acids is 1. The molecule has 1 fully saturated rings. The predicted molar refractivity (Wildman–Crippen MR) is 141 cm³/mol. The Hall–Kier alpha value is -4.57. The van der Waals surface area contributed by atoms with Gasteiger partial charge < -0.3 is 31.3 Å². The third-order valence-corrected chi connectivity index (χ3v) is 6.35. The average Bonchev–Trinajstić information content (AvgIpc) is 3.33. The maximum absolute atomic E-state index is 13.3. The highest BCUT2D eigenvalue weighted by Crippen LogP contribution is 2.17. The van der Waals surface area contributed by atoms with Crippen molar-refractivity contribution in [1.82, 2.24) is 15.5 Å². The Balaban J connectivity index is 1.37. The molecule has 0 radical (unpaired) electrons. The predicted octanol–water partition coefficient (Wildman–Crippen LogP) is 2.92. The van der Waals surface area contributed by atoms with Gasteiger partial charge in [-0.3, -0.25) is 9.69 Å². The number of carboxylic acid groups (broad SMARTS) is 1. The lowest BCUT2D eigenvalue weighted by Gasteiger charge is -2.22. The number of carbonyl (C=O) groups is 3. The number of rotatable bonds is 9. The van der Waals surface area contributed by atoms with Gasteiger partial charge >= 0.3 is 12.0 Å². The van der Waals surface area contributed by atoms with E-state index in [2.05, 4.69) is 20.9 Å². The number of nitrogens with one attached hydrogen (secondary N) is 3. The summed E-state index contributed by atoms with van der Waals surface area (Å²) in [5.41, 5.74) is 2.30. The molecule has 0 spiro atoms. The number of benzene rings is 3. The molecule has 0 aromatic heterocycles. The second kappa shape index (κ2) is 12.1. The number of phenolic OH excluding ortho intramolecular Hbond substituents is 2. The first-order chi connectivity index (χ1) is 18.2. The van der Waals surface area contributed by atoms with Crippen LogP contribution in [-0.4, -0.2) is 63.3 Å². The molecule has 10 heteroatoms. The molecule has 198 valence electrons. The monoisotopic (exact) mass is 518 g/mol. The van der Waals surface area contributed by atoms with E-state index in [0.717, 1.165) is 24.1 Å². The Kier molecular flexibility index (Phi) is 8.44. The van der Waals surface area contributed by atoms with Crippen molar-refractivity contribution in [3.63, 3.8) is 0 Å². The van der Waals surface area contributed by atoms with Gasteiger partial charge in [-0.15, -0.1) is 0 Å². The van der Waals surface area contributed by atoms with Crippen molar-refractivity contribution < 1.29 is 29.7 Å². The molecule has 4 rings (SSSR count). The van der Waals surface area contributed by atoms with Gasteiger partial charge in [0.15, 0.2) is 0 Å². The molecule has 10 nitrogen and oxygen atoms in total. The van der Waals surface area contributed by atoms with E-state index in [1.807, 2.05) is 12.1 Å². The average molecular weight is 519 g/mol. The van der Waals surface area contributed by atoms with E-state index >= 15 is 0 Å². The molecule has 38 heavy (non-hydrogen) atoms. The Morgan fingerprint density at radius 2 is 1.47 bits per heavy atom. The lowest BCUT2D eigenvalue weighted by atomic mass is 10.0. The van der Waals surface area contributed by atoms with Crippen LogP contribution in [0.4, 0.5) is 10.5 Å². The smallest absolute Gasteiger partial charge is 0.335 e. The topological polar surface area (TPSA) is 151 Å². The lowest BCUT2D eigenvalue weighted by molar-refractivity contribution is -0.123. The van der Waals surface area contributed by atoms with Gasteiger partial charge in [-0.05, 0) is 66.1 Å². The Morgan fingerprint density at radius 3 is 2.08 bits per heavy atom. The summed E-state index contributed by atoms with van der Waals surface area (Å²) in [6.07, 6.45) is 0.972. The van der Waals surface area contributed by atoms with Crippen LogP contribution in [0.5, 0.6) is 11.5 Å². The summed E-state index contributed by atoms with van der Waals surface area (Å²) in [5, 5.41) is 36.5. The molecule has 3 aromatic rings. The molecular formula is C28H30N4O6. The molecule has 1 saturated heterocycles. The minimum absolute atomic E-state index is 0.0876. The third kappa shape index (κ3) is 7.47. The molecule has 3 amide bonds. The summed E-state index contributed by atoms with van der Waals surface area (Å²) in [7, 11) is 0. The number of urea groups is 1. The zero-order valence-corrected chi connectivity index (χ0v) is 20.6. The van der Waals surface area contributed by atoms with Crippen molar-refractivity contribution in [3.8, 4) is 11.5 Å². The maximum atomic E-state index is 13.3. The van der Waals surface area contributed by atoms with E-state index in [-0.39, 0.29) is 35.4 Å². The first-order valence-corrected chi connectivity index (χ1v) is 12.2. The van der Waals surface area contributed by atoms with Gasteiger partial charge in [0.2, 0.25) is 5.91 Å². The standard InChI is InChI=1S/C28H30N4O6/c33-23-9-1-18(2-10-23)15-25(31-28(38)30-21-7-5-20(6-8-21)27(36)37)26(35)29-22-13-14-32(17-22)16-19-3-11-24(34)12-4-19/h1-12,22,25,33-34H,13-17H2,(H,29,35)(H,36,37)(H2,30,31,38)/t22?,25-/m0/s1. The molecule has 1 unspecified atom stereocenters. The number of nitrogens with zero attached hydrogens (tertiary/aromatic N) is 1. The van der Waals surface area contributed by atoms with Crippen LogP contribution in [0, 0.1) is 0 Å². The minimum atomic E-state index is -1.07. The fourth-order valence-corrected chi connectivity index (χ4v) is 4.35. The number of aromatic hydroxyl groups is 2. The number of hydrogen-bond donors (Lipinski definition) is 6. The van der Waals surface area contributed by atoms with E-state index in [9.17, 15) is 24.6 Å². The number of amides is 3. The molecular weight excluding hydrogens is 488 g/mol. The first-order valence-electron chi connectivity index (χ1n) is 12.2. The van der Waals surface area contributed by atoms with Crippen LogP contribution in [0.15, 0.2) is 72.8 Å². The van der Waals surface area contributed by atoms with Gasteiger partial charge in [0.25, 0.3) is 0 Å². The Bertz CT molecular complexity index is 1260. The van der Waals surface area contributed by atoms with Crippen LogP contribution >= 0.6 is 0 Å².